The summed E-state index contributed by atoms with van der Waals surface area (Å²) in [5.41, 5.74) is 3.34. The smallest absolute Gasteiger partial charge is 0.273 e. The summed E-state index contributed by atoms with van der Waals surface area (Å²) in [6.45, 7) is 3.87. The van der Waals surface area contributed by atoms with Crippen molar-refractivity contribution in [2.24, 2.45) is 0 Å². The van der Waals surface area contributed by atoms with Crippen molar-refractivity contribution in [2.45, 2.75) is 33.1 Å². The Morgan fingerprint density at radius 3 is 2.83 bits per heavy atom. The molecule has 5 nitrogen and oxygen atoms in total. The number of hydrogen-bond donors (Lipinski definition) is 1. The topological polar surface area (TPSA) is 64.0 Å². The van der Waals surface area contributed by atoms with E-state index in [9.17, 15) is 9.59 Å². The second-order valence-corrected chi connectivity index (χ2v) is 9.23. The second kappa shape index (κ2) is 7.16. The summed E-state index contributed by atoms with van der Waals surface area (Å²) in [7, 11) is 0. The van der Waals surface area contributed by atoms with Gasteiger partial charge >= 0.3 is 0 Å². The molecule has 3 aromatic rings. The van der Waals surface area contributed by atoms with Crippen LogP contribution in [0.15, 0.2) is 27.0 Å². The normalized spacial score (nSPS) is 11.1. The Hall–Kier alpha value is -1.51. The Morgan fingerprint density at radius 2 is 2.12 bits per heavy atom. The summed E-state index contributed by atoms with van der Waals surface area (Å²) in [5.74, 6) is -0.182. The van der Waals surface area contributed by atoms with Crippen molar-refractivity contribution in [3.63, 3.8) is 0 Å². The average Bonchev–Trinajstić information content (AvgIpc) is 3.07. The molecule has 0 saturated heterocycles. The van der Waals surface area contributed by atoms with Gasteiger partial charge in [-0.25, -0.2) is 9.66 Å². The van der Waals surface area contributed by atoms with Crippen LogP contribution in [0.1, 0.15) is 28.2 Å². The number of aryl methyl sites for hydroxylation is 3. The zero-order valence-corrected chi connectivity index (χ0v) is 16.5. The molecule has 3 rings (SSSR count). The van der Waals surface area contributed by atoms with Crippen LogP contribution in [0.4, 0.5) is 0 Å². The van der Waals surface area contributed by atoms with Gasteiger partial charge in [0.15, 0.2) is 0 Å². The minimum absolute atomic E-state index is 0.182. The lowest BCUT2D eigenvalue weighted by atomic mass is 10.2. The summed E-state index contributed by atoms with van der Waals surface area (Å²) in [5, 5.41) is 0.587. The van der Waals surface area contributed by atoms with E-state index in [1.807, 2.05) is 19.9 Å². The fourth-order valence-electron chi connectivity index (χ4n) is 2.41. The molecule has 0 fully saturated rings. The molecule has 3 heterocycles. The lowest BCUT2D eigenvalue weighted by Gasteiger charge is -2.07. The molecule has 3 aromatic heterocycles. The van der Waals surface area contributed by atoms with Crippen LogP contribution < -0.4 is 11.0 Å². The molecule has 0 aromatic carbocycles. The predicted molar refractivity (Wildman–Crippen MR) is 103 cm³/mol. The van der Waals surface area contributed by atoms with Gasteiger partial charge < -0.3 is 0 Å². The molecule has 0 saturated carbocycles. The van der Waals surface area contributed by atoms with Crippen molar-refractivity contribution in [1.82, 2.24) is 9.66 Å². The Morgan fingerprint density at radius 1 is 1.33 bits per heavy atom. The van der Waals surface area contributed by atoms with Gasteiger partial charge in [0.25, 0.3) is 5.56 Å². The van der Waals surface area contributed by atoms with Gasteiger partial charge in [0.2, 0.25) is 5.91 Å². The summed E-state index contributed by atoms with van der Waals surface area (Å²) >= 11 is 6.59. The summed E-state index contributed by atoms with van der Waals surface area (Å²) in [6, 6.07) is 4.06. The molecule has 0 spiro atoms. The summed E-state index contributed by atoms with van der Waals surface area (Å²) in [4.78, 5) is 31.9. The highest BCUT2D eigenvalue weighted by Crippen LogP contribution is 2.25. The first-order valence-electron chi connectivity index (χ1n) is 7.47. The van der Waals surface area contributed by atoms with Crippen molar-refractivity contribution in [2.75, 3.05) is 5.43 Å². The lowest BCUT2D eigenvalue weighted by Crippen LogP contribution is -2.33. The number of halogens is 1. The van der Waals surface area contributed by atoms with Gasteiger partial charge in [-0.3, -0.25) is 15.0 Å². The number of aromatic nitrogens is 2. The monoisotopic (exact) mass is 425 g/mol. The lowest BCUT2D eigenvalue weighted by molar-refractivity contribution is -0.117. The fraction of sp³-hybridized carbons (Fsp3) is 0.312. The van der Waals surface area contributed by atoms with Crippen LogP contribution in [0.5, 0.6) is 0 Å². The van der Waals surface area contributed by atoms with Gasteiger partial charge in [-0.05, 0) is 60.3 Å². The van der Waals surface area contributed by atoms with E-state index < -0.39 is 0 Å². The number of nitrogens with zero attached hydrogens (tertiary/aromatic N) is 2. The van der Waals surface area contributed by atoms with Crippen LogP contribution in [0.3, 0.4) is 0 Å². The van der Waals surface area contributed by atoms with Gasteiger partial charge in [0, 0.05) is 16.2 Å². The molecule has 0 aliphatic heterocycles. The molecule has 8 heteroatoms. The molecule has 1 amide bonds. The van der Waals surface area contributed by atoms with Gasteiger partial charge in [0.1, 0.15) is 11.2 Å². The van der Waals surface area contributed by atoms with Gasteiger partial charge in [-0.15, -0.1) is 22.7 Å². The van der Waals surface area contributed by atoms with E-state index in [4.69, 9.17) is 0 Å². The van der Waals surface area contributed by atoms with Crippen LogP contribution >= 0.6 is 38.6 Å². The first-order chi connectivity index (χ1) is 11.5. The zero-order valence-electron chi connectivity index (χ0n) is 13.3. The maximum absolute atomic E-state index is 12.5. The first kappa shape index (κ1) is 17.3. The van der Waals surface area contributed by atoms with Crippen molar-refractivity contribution in [3.05, 3.63) is 47.9 Å². The molecule has 0 atom stereocenters. The number of hydrogen-bond acceptors (Lipinski definition) is 5. The van der Waals surface area contributed by atoms with Crippen LogP contribution in [-0.4, -0.2) is 15.6 Å². The molecule has 0 unspecified atom stereocenters. The molecular formula is C16H16BrN3O2S2. The van der Waals surface area contributed by atoms with Crippen LogP contribution in [0, 0.1) is 13.8 Å². The summed E-state index contributed by atoms with van der Waals surface area (Å²) in [6.07, 6.45) is 3.33. The summed E-state index contributed by atoms with van der Waals surface area (Å²) < 4.78 is 2.28. The minimum atomic E-state index is -0.225. The van der Waals surface area contributed by atoms with Crippen molar-refractivity contribution in [3.8, 4) is 0 Å². The molecule has 0 aliphatic carbocycles. The highest BCUT2D eigenvalue weighted by Gasteiger charge is 2.13. The highest BCUT2D eigenvalue weighted by molar-refractivity contribution is 9.11. The standard InChI is InChI=1S/C16H16BrN3O2S2/c1-9-10(2)23-15-14(9)16(22)20(8-18-15)19-13(21)5-3-4-11-6-7-12(17)24-11/h6-8H,3-5H2,1-2H3,(H,19,21). The largest absolute Gasteiger partial charge is 0.281 e. The SMILES string of the molecule is Cc1sc2ncn(NC(=O)CCCc3ccc(Br)s3)c(=O)c2c1C. The number of carbonyl (C=O) groups excluding carboxylic acids is 1. The quantitative estimate of drug-likeness (QED) is 0.671. The number of thiophene rings is 2. The average molecular weight is 426 g/mol. The maximum atomic E-state index is 12.5. The van der Waals surface area contributed by atoms with Crippen LogP contribution in [0.2, 0.25) is 0 Å². The fourth-order valence-corrected chi connectivity index (χ4v) is 4.93. The predicted octanol–water partition coefficient (Wildman–Crippen LogP) is 3.99. The molecule has 1 N–H and O–H groups in total. The van der Waals surface area contributed by atoms with E-state index in [2.05, 4.69) is 32.4 Å². The van der Waals surface area contributed by atoms with Crippen molar-refractivity contribution in [1.29, 1.82) is 0 Å². The third-order valence-corrected chi connectivity index (χ3v) is 6.59. The maximum Gasteiger partial charge on any atom is 0.281 e. The molecule has 0 radical (unpaired) electrons. The van der Waals surface area contributed by atoms with E-state index in [1.54, 1.807) is 11.3 Å². The number of rotatable bonds is 5. The number of carbonyl (C=O) groups is 1. The van der Waals surface area contributed by atoms with Gasteiger partial charge in [-0.1, -0.05) is 0 Å². The minimum Gasteiger partial charge on any atom is -0.273 e. The number of nitrogens with one attached hydrogen (secondary N) is 1. The molecular weight excluding hydrogens is 410 g/mol. The van der Waals surface area contributed by atoms with E-state index >= 15 is 0 Å². The molecule has 24 heavy (non-hydrogen) atoms. The van der Waals surface area contributed by atoms with E-state index in [0.29, 0.717) is 16.6 Å². The molecule has 0 aliphatic rings. The van der Waals surface area contributed by atoms with E-state index in [-0.39, 0.29) is 11.5 Å². The number of fused-ring (bicyclic) bond motifs is 1. The van der Waals surface area contributed by atoms with Gasteiger partial charge in [-0.2, -0.15) is 0 Å². The zero-order chi connectivity index (χ0) is 17.3. The Labute approximate surface area is 155 Å². The van der Waals surface area contributed by atoms with Crippen molar-refractivity contribution < 1.29 is 4.79 Å². The van der Waals surface area contributed by atoms with Crippen molar-refractivity contribution >= 4 is 54.7 Å². The highest BCUT2D eigenvalue weighted by atomic mass is 79.9. The second-order valence-electron chi connectivity index (χ2n) is 5.48. The first-order valence-corrected chi connectivity index (χ1v) is 9.89. The number of amides is 1. The Bertz CT molecular complexity index is 958. The third kappa shape index (κ3) is 3.60. The van der Waals surface area contributed by atoms with Crippen LogP contribution in [-0.2, 0) is 11.2 Å². The Balaban J connectivity index is 1.66. The van der Waals surface area contributed by atoms with Gasteiger partial charge in [0.05, 0.1) is 9.17 Å². The van der Waals surface area contributed by atoms with E-state index in [0.717, 1.165) is 27.1 Å². The molecule has 0 bridgehead atoms. The Kier molecular flexibility index (Phi) is 5.17. The third-order valence-electron chi connectivity index (χ3n) is 3.79. The van der Waals surface area contributed by atoms with E-state index in [1.165, 1.54) is 27.2 Å². The molecule has 126 valence electrons. The van der Waals surface area contributed by atoms with Crippen LogP contribution in [0.25, 0.3) is 10.2 Å².